The second kappa shape index (κ2) is 6.86. The molecule has 0 fully saturated rings. The first-order chi connectivity index (χ1) is 12.5. The van der Waals surface area contributed by atoms with Gasteiger partial charge in [0.1, 0.15) is 11.4 Å². The predicted octanol–water partition coefficient (Wildman–Crippen LogP) is 2.83. The molecule has 6 nitrogen and oxygen atoms in total. The number of ether oxygens (including phenoxy) is 1. The van der Waals surface area contributed by atoms with E-state index < -0.39 is 10.0 Å². The summed E-state index contributed by atoms with van der Waals surface area (Å²) in [6.45, 7) is 3.34. The SMILES string of the molecule is Cc1cc(-c2cccs2)nn1CCNS(=O)(=O)c1ccc2c(c1)CCO2. The molecule has 1 aromatic carbocycles. The average Bonchev–Trinajstić information content (AvgIpc) is 3.35. The van der Waals surface area contributed by atoms with E-state index in [-0.39, 0.29) is 11.4 Å². The normalized spacial score (nSPS) is 13.6. The Morgan fingerprint density at radius 1 is 1.31 bits per heavy atom. The summed E-state index contributed by atoms with van der Waals surface area (Å²) in [5, 5.41) is 6.58. The van der Waals surface area contributed by atoms with Crippen molar-refractivity contribution in [3.05, 3.63) is 53.0 Å². The number of aromatic nitrogens is 2. The van der Waals surface area contributed by atoms with Crippen LogP contribution >= 0.6 is 11.3 Å². The molecule has 136 valence electrons. The Labute approximate surface area is 156 Å². The maximum atomic E-state index is 12.5. The summed E-state index contributed by atoms with van der Waals surface area (Å²) >= 11 is 1.64. The van der Waals surface area contributed by atoms with Crippen molar-refractivity contribution in [3.63, 3.8) is 0 Å². The molecule has 0 saturated carbocycles. The van der Waals surface area contributed by atoms with Crippen LogP contribution in [0.25, 0.3) is 10.6 Å². The minimum Gasteiger partial charge on any atom is -0.493 e. The van der Waals surface area contributed by atoms with Crippen LogP contribution < -0.4 is 9.46 Å². The summed E-state index contributed by atoms with van der Waals surface area (Å²) < 4.78 is 35.0. The number of rotatable bonds is 6. The van der Waals surface area contributed by atoms with E-state index in [1.807, 2.05) is 35.2 Å². The van der Waals surface area contributed by atoms with Gasteiger partial charge in [0.25, 0.3) is 0 Å². The number of thiophene rings is 1. The Bertz CT molecular complexity index is 1020. The molecule has 3 heterocycles. The largest absolute Gasteiger partial charge is 0.493 e. The van der Waals surface area contributed by atoms with Crippen molar-refractivity contribution in [2.45, 2.75) is 24.8 Å². The van der Waals surface area contributed by atoms with Gasteiger partial charge in [0.15, 0.2) is 0 Å². The number of aryl methyl sites for hydroxylation is 1. The van der Waals surface area contributed by atoms with Gasteiger partial charge < -0.3 is 4.74 Å². The molecule has 0 bridgehead atoms. The minimum atomic E-state index is -3.55. The lowest BCUT2D eigenvalue weighted by atomic mass is 10.2. The molecule has 0 spiro atoms. The lowest BCUT2D eigenvalue weighted by Crippen LogP contribution is -2.28. The van der Waals surface area contributed by atoms with Crippen LogP contribution in [0.4, 0.5) is 0 Å². The van der Waals surface area contributed by atoms with Crippen molar-refractivity contribution in [3.8, 4) is 16.3 Å². The number of hydrogen-bond acceptors (Lipinski definition) is 5. The fourth-order valence-electron chi connectivity index (χ4n) is 2.98. The number of sulfonamides is 1. The van der Waals surface area contributed by atoms with Gasteiger partial charge in [-0.15, -0.1) is 11.3 Å². The van der Waals surface area contributed by atoms with Crippen molar-refractivity contribution in [2.75, 3.05) is 13.2 Å². The van der Waals surface area contributed by atoms with Gasteiger partial charge in [-0.1, -0.05) is 6.07 Å². The van der Waals surface area contributed by atoms with E-state index in [1.54, 1.807) is 29.5 Å². The van der Waals surface area contributed by atoms with Crippen LogP contribution in [0.3, 0.4) is 0 Å². The minimum absolute atomic E-state index is 0.276. The standard InChI is InChI=1S/C18H19N3O3S2/c1-13-11-16(18-3-2-10-25-18)20-21(13)8-7-19-26(22,23)15-4-5-17-14(12-15)6-9-24-17/h2-5,10-12,19H,6-9H2,1H3. The predicted molar refractivity (Wildman–Crippen MR) is 101 cm³/mol. The van der Waals surface area contributed by atoms with E-state index in [9.17, 15) is 8.42 Å². The van der Waals surface area contributed by atoms with Gasteiger partial charge in [-0.25, -0.2) is 13.1 Å². The van der Waals surface area contributed by atoms with E-state index in [0.29, 0.717) is 13.2 Å². The van der Waals surface area contributed by atoms with E-state index in [0.717, 1.165) is 34.0 Å². The summed E-state index contributed by atoms with van der Waals surface area (Å²) in [6, 6.07) is 11.0. The Morgan fingerprint density at radius 2 is 2.19 bits per heavy atom. The van der Waals surface area contributed by atoms with Crippen molar-refractivity contribution >= 4 is 21.4 Å². The van der Waals surface area contributed by atoms with Gasteiger partial charge in [0, 0.05) is 18.7 Å². The van der Waals surface area contributed by atoms with Gasteiger partial charge >= 0.3 is 0 Å². The first kappa shape index (κ1) is 17.3. The van der Waals surface area contributed by atoms with Crippen LogP contribution in [0, 0.1) is 6.92 Å². The number of benzene rings is 1. The average molecular weight is 390 g/mol. The maximum Gasteiger partial charge on any atom is 0.240 e. The molecule has 0 saturated heterocycles. The number of fused-ring (bicyclic) bond motifs is 1. The van der Waals surface area contributed by atoms with E-state index in [4.69, 9.17) is 4.74 Å². The molecule has 26 heavy (non-hydrogen) atoms. The van der Waals surface area contributed by atoms with Crippen LogP contribution in [-0.2, 0) is 23.0 Å². The summed E-state index contributed by atoms with van der Waals surface area (Å²) in [7, 11) is -3.55. The number of hydrogen-bond donors (Lipinski definition) is 1. The summed E-state index contributed by atoms with van der Waals surface area (Å²) in [5.41, 5.74) is 2.86. The topological polar surface area (TPSA) is 73.2 Å². The highest BCUT2D eigenvalue weighted by atomic mass is 32.2. The molecule has 3 aromatic rings. The zero-order valence-corrected chi connectivity index (χ0v) is 15.9. The van der Waals surface area contributed by atoms with Crippen LogP contribution in [0.5, 0.6) is 5.75 Å². The highest BCUT2D eigenvalue weighted by Gasteiger charge is 2.19. The van der Waals surface area contributed by atoms with Gasteiger partial charge in [-0.2, -0.15) is 5.10 Å². The van der Waals surface area contributed by atoms with E-state index >= 15 is 0 Å². The Kier molecular flexibility index (Phi) is 4.56. The highest BCUT2D eigenvalue weighted by Crippen LogP contribution is 2.27. The summed E-state index contributed by atoms with van der Waals surface area (Å²) in [6.07, 6.45) is 0.747. The van der Waals surface area contributed by atoms with Gasteiger partial charge in [0.2, 0.25) is 10.0 Å². The first-order valence-corrected chi connectivity index (χ1v) is 10.7. The first-order valence-electron chi connectivity index (χ1n) is 8.37. The molecule has 2 aromatic heterocycles. The van der Waals surface area contributed by atoms with E-state index in [1.165, 1.54) is 0 Å². The zero-order chi connectivity index (χ0) is 18.1. The smallest absolute Gasteiger partial charge is 0.240 e. The second-order valence-electron chi connectivity index (χ2n) is 6.14. The molecule has 1 aliphatic heterocycles. The van der Waals surface area contributed by atoms with Crippen LogP contribution in [0.15, 0.2) is 46.7 Å². The quantitative estimate of drug-likeness (QED) is 0.704. The fourth-order valence-corrected chi connectivity index (χ4v) is 4.73. The third kappa shape index (κ3) is 3.40. The molecule has 0 atom stereocenters. The molecular weight excluding hydrogens is 370 g/mol. The van der Waals surface area contributed by atoms with Crippen LogP contribution in [-0.4, -0.2) is 31.3 Å². The van der Waals surface area contributed by atoms with Crippen molar-refractivity contribution in [1.29, 1.82) is 0 Å². The highest BCUT2D eigenvalue weighted by molar-refractivity contribution is 7.89. The number of nitrogens with zero attached hydrogens (tertiary/aromatic N) is 2. The third-order valence-corrected chi connectivity index (χ3v) is 6.69. The van der Waals surface area contributed by atoms with Crippen LogP contribution in [0.2, 0.25) is 0 Å². The van der Waals surface area contributed by atoms with Gasteiger partial charge in [0.05, 0.1) is 22.9 Å². The zero-order valence-electron chi connectivity index (χ0n) is 14.3. The number of nitrogens with one attached hydrogen (secondary N) is 1. The molecule has 0 aliphatic carbocycles. The van der Waals surface area contributed by atoms with Crippen molar-refractivity contribution < 1.29 is 13.2 Å². The van der Waals surface area contributed by atoms with Crippen molar-refractivity contribution in [2.24, 2.45) is 0 Å². The van der Waals surface area contributed by atoms with Crippen LogP contribution in [0.1, 0.15) is 11.3 Å². The van der Waals surface area contributed by atoms with Gasteiger partial charge in [-0.05, 0) is 48.2 Å². The molecule has 0 amide bonds. The Morgan fingerprint density at radius 3 is 3.00 bits per heavy atom. The molecular formula is C18H19N3O3S2. The lowest BCUT2D eigenvalue weighted by Gasteiger charge is -2.09. The molecule has 0 radical (unpaired) electrons. The molecule has 1 aliphatic rings. The Balaban J connectivity index is 1.43. The van der Waals surface area contributed by atoms with E-state index in [2.05, 4.69) is 9.82 Å². The van der Waals surface area contributed by atoms with Gasteiger partial charge in [-0.3, -0.25) is 4.68 Å². The second-order valence-corrected chi connectivity index (χ2v) is 8.85. The molecule has 0 unspecified atom stereocenters. The Hall–Kier alpha value is -2.16. The maximum absolute atomic E-state index is 12.5. The fraction of sp³-hybridized carbons (Fsp3) is 0.278. The molecule has 4 rings (SSSR count). The summed E-state index contributed by atoms with van der Waals surface area (Å²) in [4.78, 5) is 1.38. The monoisotopic (exact) mass is 389 g/mol. The third-order valence-electron chi connectivity index (χ3n) is 4.34. The summed E-state index contributed by atoms with van der Waals surface area (Å²) in [5.74, 6) is 0.775. The molecule has 1 N–H and O–H groups in total. The van der Waals surface area contributed by atoms with Crippen molar-refractivity contribution in [1.82, 2.24) is 14.5 Å². The molecule has 8 heteroatoms. The lowest BCUT2D eigenvalue weighted by molar-refractivity contribution is 0.356.